The lowest BCUT2D eigenvalue weighted by Gasteiger charge is -2.43. The van der Waals surface area contributed by atoms with Gasteiger partial charge < -0.3 is 19.7 Å². The molecule has 182 valence electrons. The van der Waals surface area contributed by atoms with Gasteiger partial charge in [0.25, 0.3) is 0 Å². The van der Waals surface area contributed by atoms with Crippen molar-refractivity contribution < 1.29 is 28.5 Å². The summed E-state index contributed by atoms with van der Waals surface area (Å²) in [6.07, 6.45) is -1.53. The van der Waals surface area contributed by atoms with E-state index >= 15 is 0 Å². The first-order chi connectivity index (χ1) is 16.2. The number of nitrogens with zero attached hydrogens (tertiary/aromatic N) is 3. The minimum atomic E-state index is -1.23. The van der Waals surface area contributed by atoms with E-state index in [1.807, 2.05) is 0 Å². The van der Waals surface area contributed by atoms with Gasteiger partial charge in [-0.2, -0.15) is 0 Å². The lowest BCUT2D eigenvalue weighted by molar-refractivity contribution is -0.186. The van der Waals surface area contributed by atoms with Gasteiger partial charge in [0.05, 0.1) is 22.8 Å². The van der Waals surface area contributed by atoms with Gasteiger partial charge in [-0.25, -0.2) is 13.5 Å². The van der Waals surface area contributed by atoms with Crippen LogP contribution in [0.2, 0.25) is 15.1 Å². The molecule has 5 atom stereocenters. The van der Waals surface area contributed by atoms with Gasteiger partial charge in [-0.3, -0.25) is 0 Å². The van der Waals surface area contributed by atoms with Gasteiger partial charge in [-0.1, -0.05) is 51.8 Å². The molecule has 0 aliphatic carbocycles. The molecular weight excluding hydrogens is 535 g/mol. The van der Waals surface area contributed by atoms with Crippen LogP contribution in [0.3, 0.4) is 0 Å². The van der Waals surface area contributed by atoms with Crippen LogP contribution in [0, 0.1) is 11.6 Å². The Morgan fingerprint density at radius 2 is 1.85 bits per heavy atom. The zero-order chi connectivity index (χ0) is 24.6. The second kappa shape index (κ2) is 10.6. The van der Waals surface area contributed by atoms with E-state index in [-0.39, 0.29) is 11.3 Å². The average Bonchev–Trinajstić information content (AvgIpc) is 3.30. The number of thioether (sulfide) groups is 1. The summed E-state index contributed by atoms with van der Waals surface area (Å²) in [5.74, 6) is -1.88. The molecule has 3 unspecified atom stereocenters. The Hall–Kier alpha value is -1.50. The van der Waals surface area contributed by atoms with Crippen molar-refractivity contribution in [3.8, 4) is 11.3 Å². The molecule has 0 radical (unpaired) electrons. The number of aliphatic hydroxyl groups is 2. The first-order valence-corrected chi connectivity index (χ1v) is 11.9. The number of hydrogen-bond donors (Lipinski definition) is 2. The third-order valence-corrected chi connectivity index (χ3v) is 7.57. The van der Waals surface area contributed by atoms with Gasteiger partial charge in [0.1, 0.15) is 52.1 Å². The van der Waals surface area contributed by atoms with E-state index in [1.54, 1.807) is 18.2 Å². The lowest BCUT2D eigenvalue weighted by atomic mass is 9.97. The summed E-state index contributed by atoms with van der Waals surface area (Å²) in [4.78, 5) is 0.722. The summed E-state index contributed by atoms with van der Waals surface area (Å²) in [7, 11) is 1.44. The van der Waals surface area contributed by atoms with Gasteiger partial charge in [-0.15, -0.1) is 5.10 Å². The highest BCUT2D eigenvalue weighted by molar-refractivity contribution is 7.99. The van der Waals surface area contributed by atoms with Crippen LogP contribution >= 0.6 is 46.6 Å². The van der Waals surface area contributed by atoms with E-state index in [2.05, 4.69) is 10.3 Å². The Kier molecular flexibility index (Phi) is 8.00. The third kappa shape index (κ3) is 5.05. The summed E-state index contributed by atoms with van der Waals surface area (Å²) in [5.41, 5.74) is -0.426. The molecule has 3 aromatic rings. The molecule has 2 heterocycles. The molecular formula is C21H18Cl3F2N3O4S. The van der Waals surface area contributed by atoms with Crippen molar-refractivity contribution in [2.75, 3.05) is 13.7 Å². The second-order valence-electron chi connectivity index (χ2n) is 7.44. The second-order valence-corrected chi connectivity index (χ2v) is 9.80. The van der Waals surface area contributed by atoms with E-state index in [1.165, 1.54) is 29.8 Å². The maximum absolute atomic E-state index is 13.9. The highest BCUT2D eigenvalue weighted by atomic mass is 35.5. The molecule has 13 heteroatoms. The average molecular weight is 553 g/mol. The molecule has 0 saturated carbocycles. The van der Waals surface area contributed by atoms with Gasteiger partial charge in [0, 0.05) is 17.6 Å². The van der Waals surface area contributed by atoms with Crippen LogP contribution in [0.4, 0.5) is 8.78 Å². The number of benzene rings is 2. The van der Waals surface area contributed by atoms with E-state index in [9.17, 15) is 19.0 Å². The van der Waals surface area contributed by atoms with Crippen LogP contribution in [-0.4, -0.2) is 62.7 Å². The molecule has 1 saturated heterocycles. The molecule has 2 N–H and O–H groups in total. The summed E-state index contributed by atoms with van der Waals surface area (Å²) in [5, 5.41) is 28.9. The standard InChI is InChI=1S/C21H18Cl3F2N3O4S/c1-32-20-18(29-7-15(27-28-29)9-4-13(25)17(24)14(26)5-9)19(31)16(8-30)33-21(20)34-10-2-3-11(22)12(23)6-10/h2-7,16,18-21,30-31H,8H2,1H3/t16?,18?,19-,20?,21+/m0/s1. The van der Waals surface area contributed by atoms with Crippen molar-refractivity contribution in [1.82, 2.24) is 15.0 Å². The first kappa shape index (κ1) is 25.6. The van der Waals surface area contributed by atoms with E-state index in [0.717, 1.165) is 17.0 Å². The van der Waals surface area contributed by atoms with E-state index in [4.69, 9.17) is 44.3 Å². The van der Waals surface area contributed by atoms with Crippen molar-refractivity contribution in [2.45, 2.75) is 34.7 Å². The number of aliphatic hydroxyl groups excluding tert-OH is 2. The fourth-order valence-corrected chi connectivity index (χ4v) is 5.33. The summed E-state index contributed by atoms with van der Waals surface area (Å²) < 4.78 is 40.7. The van der Waals surface area contributed by atoms with Crippen molar-refractivity contribution in [3.63, 3.8) is 0 Å². The fraction of sp³-hybridized carbons (Fsp3) is 0.333. The normalized spacial score (nSPS) is 25.0. The quantitative estimate of drug-likeness (QED) is 0.432. The van der Waals surface area contributed by atoms with Crippen molar-refractivity contribution >= 4 is 46.6 Å². The van der Waals surface area contributed by atoms with Gasteiger partial charge in [-0.05, 0) is 30.3 Å². The highest BCUT2D eigenvalue weighted by Crippen LogP contribution is 2.41. The first-order valence-electron chi connectivity index (χ1n) is 9.89. The van der Waals surface area contributed by atoms with Crippen molar-refractivity contribution in [2.24, 2.45) is 0 Å². The SMILES string of the molecule is COC1C(n2cc(-c3cc(F)c(Cl)c(F)c3)nn2)[C@@H](O)C(CO)O[C@@H]1Sc1ccc(Cl)c(Cl)c1. The van der Waals surface area contributed by atoms with Gasteiger partial charge in [0.15, 0.2) is 0 Å². The maximum atomic E-state index is 13.9. The Labute approximate surface area is 212 Å². The molecule has 34 heavy (non-hydrogen) atoms. The maximum Gasteiger partial charge on any atom is 0.145 e. The number of methoxy groups -OCH3 is 1. The zero-order valence-corrected chi connectivity index (χ0v) is 20.5. The number of ether oxygens (including phenoxy) is 2. The fourth-order valence-electron chi connectivity index (χ4n) is 3.65. The summed E-state index contributed by atoms with van der Waals surface area (Å²) in [6, 6.07) is 6.27. The van der Waals surface area contributed by atoms with Crippen LogP contribution in [0.25, 0.3) is 11.3 Å². The van der Waals surface area contributed by atoms with Crippen molar-refractivity contribution in [3.05, 3.63) is 63.2 Å². The molecule has 7 nitrogen and oxygen atoms in total. The number of hydrogen-bond acceptors (Lipinski definition) is 7. The number of aromatic nitrogens is 3. The molecule has 0 spiro atoms. The van der Waals surface area contributed by atoms with E-state index < -0.39 is 53.1 Å². The Balaban J connectivity index is 1.67. The summed E-state index contributed by atoms with van der Waals surface area (Å²) in [6.45, 7) is -0.471. The minimum Gasteiger partial charge on any atom is -0.394 e. The lowest BCUT2D eigenvalue weighted by Crippen LogP contribution is -2.55. The predicted molar refractivity (Wildman–Crippen MR) is 124 cm³/mol. The topological polar surface area (TPSA) is 89.6 Å². The minimum absolute atomic E-state index is 0.113. The molecule has 1 aliphatic rings. The molecule has 4 rings (SSSR count). The van der Waals surface area contributed by atoms with E-state index in [0.29, 0.717) is 10.0 Å². The molecule has 1 aliphatic heterocycles. The molecule has 0 amide bonds. The van der Waals surface area contributed by atoms with Crippen LogP contribution in [-0.2, 0) is 9.47 Å². The predicted octanol–water partition coefficient (Wildman–Crippen LogP) is 4.61. The summed E-state index contributed by atoms with van der Waals surface area (Å²) >= 11 is 18.9. The molecule has 0 bridgehead atoms. The number of rotatable bonds is 6. The van der Waals surface area contributed by atoms with Crippen LogP contribution < -0.4 is 0 Å². The third-order valence-electron chi connectivity index (χ3n) is 5.34. The Morgan fingerprint density at radius 1 is 1.15 bits per heavy atom. The smallest absolute Gasteiger partial charge is 0.145 e. The molecule has 1 aromatic heterocycles. The number of halogens is 5. The van der Waals surface area contributed by atoms with Crippen LogP contribution in [0.15, 0.2) is 41.4 Å². The van der Waals surface area contributed by atoms with Crippen LogP contribution in [0.5, 0.6) is 0 Å². The highest BCUT2D eigenvalue weighted by Gasteiger charge is 2.47. The Bertz CT molecular complexity index is 1160. The van der Waals surface area contributed by atoms with Crippen molar-refractivity contribution in [1.29, 1.82) is 0 Å². The monoisotopic (exact) mass is 551 g/mol. The molecule has 1 fully saturated rings. The largest absolute Gasteiger partial charge is 0.394 e. The molecule has 2 aromatic carbocycles. The zero-order valence-electron chi connectivity index (χ0n) is 17.4. The van der Waals surface area contributed by atoms with Crippen LogP contribution in [0.1, 0.15) is 6.04 Å². The van der Waals surface area contributed by atoms with Gasteiger partial charge in [0.2, 0.25) is 0 Å². The van der Waals surface area contributed by atoms with Gasteiger partial charge >= 0.3 is 0 Å². The Morgan fingerprint density at radius 3 is 2.47 bits per heavy atom.